The third-order valence-corrected chi connectivity index (χ3v) is 3.76. The summed E-state index contributed by atoms with van der Waals surface area (Å²) in [5, 5.41) is 0. The maximum absolute atomic E-state index is 6.00. The summed E-state index contributed by atoms with van der Waals surface area (Å²) in [6.07, 6.45) is 4.38. The minimum absolute atomic E-state index is 0.343. The maximum atomic E-state index is 6.00. The first kappa shape index (κ1) is 15.0. The highest BCUT2D eigenvalue weighted by molar-refractivity contribution is 5.37. The fourth-order valence-corrected chi connectivity index (χ4v) is 2.32. The normalized spacial score (nSPS) is 14.3. The van der Waals surface area contributed by atoms with Gasteiger partial charge in [0.15, 0.2) is 0 Å². The summed E-state index contributed by atoms with van der Waals surface area (Å²) in [7, 11) is 1.72. The molecule has 2 nitrogen and oxygen atoms in total. The number of hydrogen-bond acceptors (Lipinski definition) is 2. The average molecular weight is 249 g/mol. The van der Waals surface area contributed by atoms with Crippen LogP contribution in [0, 0.1) is 0 Å². The van der Waals surface area contributed by atoms with Gasteiger partial charge >= 0.3 is 0 Å². The van der Waals surface area contributed by atoms with Crippen LogP contribution in [0.25, 0.3) is 0 Å². The molecule has 1 aromatic rings. The molecule has 0 radical (unpaired) electrons. The van der Waals surface area contributed by atoms with Gasteiger partial charge in [0, 0.05) is 6.04 Å². The second-order valence-electron chi connectivity index (χ2n) is 5.07. The van der Waals surface area contributed by atoms with Crippen LogP contribution in [0.1, 0.15) is 57.1 Å². The number of aryl methyl sites for hydroxylation is 1. The van der Waals surface area contributed by atoms with Gasteiger partial charge in [-0.15, -0.1) is 0 Å². The molecule has 0 saturated carbocycles. The van der Waals surface area contributed by atoms with Crippen LogP contribution in [0.4, 0.5) is 0 Å². The third kappa shape index (κ3) is 4.02. The van der Waals surface area contributed by atoms with E-state index in [1.165, 1.54) is 11.1 Å². The maximum Gasteiger partial charge on any atom is 0.119 e. The first-order valence-electron chi connectivity index (χ1n) is 7.04. The number of methoxy groups -OCH3 is 1. The topological polar surface area (TPSA) is 35.2 Å². The van der Waals surface area contributed by atoms with Crippen LogP contribution < -0.4 is 10.5 Å². The number of benzene rings is 1. The van der Waals surface area contributed by atoms with Crippen LogP contribution in [-0.2, 0) is 6.42 Å². The summed E-state index contributed by atoms with van der Waals surface area (Å²) in [5.41, 5.74) is 8.84. The van der Waals surface area contributed by atoms with Gasteiger partial charge in [-0.1, -0.05) is 26.8 Å². The lowest BCUT2D eigenvalue weighted by Crippen LogP contribution is -2.19. The zero-order chi connectivity index (χ0) is 13.5. The third-order valence-electron chi connectivity index (χ3n) is 3.76. The Labute approximate surface area is 112 Å². The molecule has 0 aromatic heterocycles. The molecule has 0 aliphatic heterocycles. The smallest absolute Gasteiger partial charge is 0.119 e. The molecule has 0 aliphatic rings. The van der Waals surface area contributed by atoms with Gasteiger partial charge in [-0.3, -0.25) is 0 Å². The zero-order valence-electron chi connectivity index (χ0n) is 12.2. The molecular weight excluding hydrogens is 222 g/mol. The Morgan fingerprint density at radius 3 is 2.50 bits per heavy atom. The molecule has 1 aromatic carbocycles. The highest BCUT2D eigenvalue weighted by Gasteiger charge is 2.12. The average Bonchev–Trinajstić information content (AvgIpc) is 2.43. The van der Waals surface area contributed by atoms with Gasteiger partial charge < -0.3 is 10.5 Å². The van der Waals surface area contributed by atoms with E-state index in [0.717, 1.165) is 31.4 Å². The molecule has 2 atom stereocenters. The molecule has 2 unspecified atom stereocenters. The quantitative estimate of drug-likeness (QED) is 0.796. The van der Waals surface area contributed by atoms with Gasteiger partial charge in [-0.2, -0.15) is 0 Å². The molecule has 0 bridgehead atoms. The Hall–Kier alpha value is -1.02. The predicted molar refractivity (Wildman–Crippen MR) is 78.3 cm³/mol. The summed E-state index contributed by atoms with van der Waals surface area (Å²) >= 11 is 0. The lowest BCUT2D eigenvalue weighted by atomic mass is 9.89. The largest absolute Gasteiger partial charge is 0.497 e. The van der Waals surface area contributed by atoms with Crippen molar-refractivity contribution in [3.63, 3.8) is 0 Å². The van der Waals surface area contributed by atoms with Crippen LogP contribution in [0.15, 0.2) is 18.2 Å². The van der Waals surface area contributed by atoms with Crippen molar-refractivity contribution in [2.24, 2.45) is 5.73 Å². The van der Waals surface area contributed by atoms with E-state index in [9.17, 15) is 0 Å². The molecule has 0 spiro atoms. The zero-order valence-corrected chi connectivity index (χ0v) is 12.2. The Balaban J connectivity index is 2.75. The lowest BCUT2D eigenvalue weighted by Gasteiger charge is -2.18. The van der Waals surface area contributed by atoms with Crippen LogP contribution in [0.5, 0.6) is 5.75 Å². The van der Waals surface area contributed by atoms with Gasteiger partial charge in [0.2, 0.25) is 0 Å². The summed E-state index contributed by atoms with van der Waals surface area (Å²) in [6.45, 7) is 6.65. The monoisotopic (exact) mass is 249 g/mol. The van der Waals surface area contributed by atoms with Crippen LogP contribution in [-0.4, -0.2) is 13.2 Å². The number of nitrogens with two attached hydrogens (primary N) is 1. The molecule has 2 N–H and O–H groups in total. The van der Waals surface area contributed by atoms with Gasteiger partial charge in [-0.25, -0.2) is 0 Å². The van der Waals surface area contributed by atoms with Crippen LogP contribution in [0.2, 0.25) is 0 Å². The Morgan fingerprint density at radius 1 is 1.22 bits per heavy atom. The molecular formula is C16H27NO. The van der Waals surface area contributed by atoms with Crippen LogP contribution in [0.3, 0.4) is 0 Å². The van der Waals surface area contributed by atoms with Crippen molar-refractivity contribution in [1.29, 1.82) is 0 Å². The van der Waals surface area contributed by atoms with E-state index in [1.54, 1.807) is 7.11 Å². The van der Waals surface area contributed by atoms with E-state index in [4.69, 9.17) is 10.5 Å². The summed E-state index contributed by atoms with van der Waals surface area (Å²) in [5.74, 6) is 1.52. The molecule has 0 fully saturated rings. The van der Waals surface area contributed by atoms with E-state index in [-0.39, 0.29) is 0 Å². The molecule has 2 heteroatoms. The minimum Gasteiger partial charge on any atom is -0.497 e. The van der Waals surface area contributed by atoms with E-state index >= 15 is 0 Å². The summed E-state index contributed by atoms with van der Waals surface area (Å²) in [6, 6.07) is 6.77. The van der Waals surface area contributed by atoms with Crippen molar-refractivity contribution in [3.05, 3.63) is 29.3 Å². The summed E-state index contributed by atoms with van der Waals surface area (Å²) in [4.78, 5) is 0. The van der Waals surface area contributed by atoms with Gasteiger partial charge in [0.1, 0.15) is 5.75 Å². The highest BCUT2D eigenvalue weighted by Crippen LogP contribution is 2.28. The molecule has 0 amide bonds. The number of hydrogen-bond donors (Lipinski definition) is 1. The van der Waals surface area contributed by atoms with E-state index in [1.807, 2.05) is 0 Å². The van der Waals surface area contributed by atoms with E-state index in [2.05, 4.69) is 39.0 Å². The number of ether oxygens (including phenoxy) is 1. The van der Waals surface area contributed by atoms with Gasteiger partial charge in [0.05, 0.1) is 7.11 Å². The van der Waals surface area contributed by atoms with Crippen molar-refractivity contribution < 1.29 is 4.74 Å². The second-order valence-corrected chi connectivity index (χ2v) is 5.07. The Bertz CT molecular complexity index is 362. The van der Waals surface area contributed by atoms with Crippen molar-refractivity contribution in [3.8, 4) is 5.75 Å². The molecule has 1 rings (SSSR count). The van der Waals surface area contributed by atoms with Gasteiger partial charge in [-0.05, 0) is 54.9 Å². The lowest BCUT2D eigenvalue weighted by molar-refractivity contribution is 0.414. The molecule has 0 heterocycles. The second kappa shape index (κ2) is 7.42. The molecule has 102 valence electrons. The molecule has 0 saturated heterocycles. The molecule has 18 heavy (non-hydrogen) atoms. The van der Waals surface area contributed by atoms with E-state index in [0.29, 0.717) is 12.0 Å². The SMILES string of the molecule is CCc1cc(OC)ccc1C(C)CCC(N)CC. The fourth-order valence-electron chi connectivity index (χ4n) is 2.32. The predicted octanol–water partition coefficient (Wildman–Crippen LogP) is 3.88. The van der Waals surface area contributed by atoms with Crippen molar-refractivity contribution >= 4 is 0 Å². The summed E-state index contributed by atoms with van der Waals surface area (Å²) < 4.78 is 5.29. The Kier molecular flexibility index (Phi) is 6.20. The fraction of sp³-hybridized carbons (Fsp3) is 0.625. The molecule has 0 aliphatic carbocycles. The van der Waals surface area contributed by atoms with Crippen molar-refractivity contribution in [2.75, 3.05) is 7.11 Å². The number of rotatable bonds is 7. The van der Waals surface area contributed by atoms with Crippen molar-refractivity contribution in [2.45, 2.75) is 58.4 Å². The minimum atomic E-state index is 0.343. The van der Waals surface area contributed by atoms with Crippen LogP contribution >= 0.6 is 0 Å². The Morgan fingerprint density at radius 2 is 1.94 bits per heavy atom. The highest BCUT2D eigenvalue weighted by atomic mass is 16.5. The van der Waals surface area contributed by atoms with Crippen molar-refractivity contribution in [1.82, 2.24) is 0 Å². The first-order valence-corrected chi connectivity index (χ1v) is 7.04. The standard InChI is InChI=1S/C16H27NO/c1-5-13-11-15(18-4)9-10-16(13)12(3)7-8-14(17)6-2/h9-12,14H,5-8,17H2,1-4H3. The van der Waals surface area contributed by atoms with Gasteiger partial charge in [0.25, 0.3) is 0 Å². The van der Waals surface area contributed by atoms with E-state index < -0.39 is 0 Å². The first-order chi connectivity index (χ1) is 8.62.